The zero-order valence-corrected chi connectivity index (χ0v) is 15.8. The van der Waals surface area contributed by atoms with Gasteiger partial charge in [-0.2, -0.15) is 0 Å². The van der Waals surface area contributed by atoms with Gasteiger partial charge in [0.2, 0.25) is 0 Å². The molecule has 0 N–H and O–H groups in total. The van der Waals surface area contributed by atoms with Gasteiger partial charge in [0.1, 0.15) is 19.0 Å². The van der Waals surface area contributed by atoms with Crippen LogP contribution in [0.1, 0.15) is 21.5 Å². The summed E-state index contributed by atoms with van der Waals surface area (Å²) in [4.78, 5) is 12.0. The van der Waals surface area contributed by atoms with E-state index in [1.54, 1.807) is 0 Å². The van der Waals surface area contributed by atoms with Crippen LogP contribution in [-0.4, -0.2) is 33.9 Å². The van der Waals surface area contributed by atoms with Crippen LogP contribution in [0.5, 0.6) is 5.75 Å². The Kier molecular flexibility index (Phi) is 6.08. The van der Waals surface area contributed by atoms with E-state index in [1.807, 2.05) is 32.0 Å². The first-order valence-corrected chi connectivity index (χ1v) is 9.83. The van der Waals surface area contributed by atoms with E-state index >= 15 is 0 Å². The van der Waals surface area contributed by atoms with Crippen molar-refractivity contribution in [2.45, 2.75) is 18.7 Å². The molecule has 0 aromatic heterocycles. The topological polar surface area (TPSA) is 69.7 Å². The molecule has 2 aromatic rings. The Morgan fingerprint density at radius 2 is 1.72 bits per heavy atom. The number of carbonyl (C=O) groups excluding carboxylic acids is 1. The van der Waals surface area contributed by atoms with Crippen molar-refractivity contribution in [3.63, 3.8) is 0 Å². The SMILES string of the molecule is Cc1cccc(C)c1OCCOC(=O)c1ccc(Cl)c(S(C)(=O)=O)c1. The lowest BCUT2D eigenvalue weighted by Gasteiger charge is -2.12. The van der Waals surface area contributed by atoms with Crippen molar-refractivity contribution < 1.29 is 22.7 Å². The maximum atomic E-state index is 12.1. The number of aryl methyl sites for hydroxylation is 2. The Balaban J connectivity index is 1.97. The molecule has 0 bridgehead atoms. The van der Waals surface area contributed by atoms with Gasteiger partial charge in [-0.05, 0) is 43.2 Å². The predicted octanol–water partition coefficient (Wildman–Crippen LogP) is 3.60. The number of para-hydroxylation sites is 1. The molecule has 25 heavy (non-hydrogen) atoms. The van der Waals surface area contributed by atoms with Gasteiger partial charge in [-0.15, -0.1) is 0 Å². The number of carbonyl (C=O) groups is 1. The van der Waals surface area contributed by atoms with Crippen molar-refractivity contribution in [1.82, 2.24) is 0 Å². The number of esters is 1. The zero-order chi connectivity index (χ0) is 18.6. The van der Waals surface area contributed by atoms with Crippen molar-refractivity contribution >= 4 is 27.4 Å². The summed E-state index contributed by atoms with van der Waals surface area (Å²) in [6, 6.07) is 9.82. The highest BCUT2D eigenvalue weighted by Crippen LogP contribution is 2.23. The summed E-state index contributed by atoms with van der Waals surface area (Å²) in [6.07, 6.45) is 1.03. The molecule has 0 fully saturated rings. The Labute approximate surface area is 152 Å². The molecule has 2 rings (SSSR count). The second kappa shape index (κ2) is 7.89. The molecule has 0 aliphatic heterocycles. The van der Waals surface area contributed by atoms with E-state index in [2.05, 4.69) is 0 Å². The van der Waals surface area contributed by atoms with E-state index in [0.717, 1.165) is 23.1 Å². The van der Waals surface area contributed by atoms with Gasteiger partial charge < -0.3 is 9.47 Å². The summed E-state index contributed by atoms with van der Waals surface area (Å²) < 4.78 is 34.1. The van der Waals surface area contributed by atoms with Crippen LogP contribution in [0.15, 0.2) is 41.3 Å². The first kappa shape index (κ1) is 19.3. The summed E-state index contributed by atoms with van der Waals surface area (Å²) >= 11 is 5.86. The predicted molar refractivity (Wildman–Crippen MR) is 96.3 cm³/mol. The molecule has 0 unspecified atom stereocenters. The van der Waals surface area contributed by atoms with Crippen LogP contribution in [0.2, 0.25) is 5.02 Å². The van der Waals surface area contributed by atoms with Crippen LogP contribution < -0.4 is 4.74 Å². The first-order chi connectivity index (χ1) is 11.7. The fraction of sp³-hybridized carbons (Fsp3) is 0.278. The van der Waals surface area contributed by atoms with Crippen LogP contribution in [0.25, 0.3) is 0 Å². The first-order valence-electron chi connectivity index (χ1n) is 7.56. The lowest BCUT2D eigenvalue weighted by molar-refractivity contribution is 0.0449. The minimum atomic E-state index is -3.52. The van der Waals surface area contributed by atoms with E-state index in [-0.39, 0.29) is 28.7 Å². The third-order valence-electron chi connectivity index (χ3n) is 3.54. The standard InChI is InChI=1S/C18H19ClO5S/c1-12-5-4-6-13(2)17(12)23-9-10-24-18(20)14-7-8-15(19)16(11-14)25(3,21)22/h4-8,11H,9-10H2,1-3H3. The second-order valence-corrected chi connectivity index (χ2v) is 8.01. The summed E-state index contributed by atoms with van der Waals surface area (Å²) in [5.74, 6) is 0.135. The molecule has 0 atom stereocenters. The maximum absolute atomic E-state index is 12.1. The Hall–Kier alpha value is -2.05. The Morgan fingerprint density at radius 1 is 1.08 bits per heavy atom. The maximum Gasteiger partial charge on any atom is 0.338 e. The molecule has 0 aliphatic rings. The van der Waals surface area contributed by atoms with Crippen molar-refractivity contribution in [3.05, 3.63) is 58.1 Å². The van der Waals surface area contributed by atoms with Crippen LogP contribution in [-0.2, 0) is 14.6 Å². The highest BCUT2D eigenvalue weighted by molar-refractivity contribution is 7.90. The fourth-order valence-corrected chi connectivity index (χ4v) is 3.60. The summed E-state index contributed by atoms with van der Waals surface area (Å²) in [5, 5.41) is 0.0670. The van der Waals surface area contributed by atoms with Crippen molar-refractivity contribution in [1.29, 1.82) is 0 Å². The van der Waals surface area contributed by atoms with Gasteiger partial charge in [0.05, 0.1) is 15.5 Å². The fourth-order valence-electron chi connectivity index (χ4n) is 2.30. The van der Waals surface area contributed by atoms with E-state index in [4.69, 9.17) is 21.1 Å². The van der Waals surface area contributed by atoms with E-state index in [0.29, 0.717) is 0 Å². The summed E-state index contributed by atoms with van der Waals surface area (Å²) in [5.41, 5.74) is 2.13. The lowest BCUT2D eigenvalue weighted by Crippen LogP contribution is -2.13. The van der Waals surface area contributed by atoms with E-state index < -0.39 is 15.8 Å². The van der Waals surface area contributed by atoms with E-state index in [9.17, 15) is 13.2 Å². The quantitative estimate of drug-likeness (QED) is 0.564. The normalized spacial score (nSPS) is 11.2. The molecule has 0 amide bonds. The van der Waals surface area contributed by atoms with Crippen LogP contribution >= 0.6 is 11.6 Å². The summed E-state index contributed by atoms with van der Waals surface area (Å²) in [6.45, 7) is 4.12. The van der Waals surface area contributed by atoms with Gasteiger partial charge in [0, 0.05) is 6.26 Å². The number of benzene rings is 2. The number of hydrogen-bond acceptors (Lipinski definition) is 5. The van der Waals surface area contributed by atoms with Gasteiger partial charge >= 0.3 is 5.97 Å². The van der Waals surface area contributed by atoms with Gasteiger partial charge in [-0.25, -0.2) is 13.2 Å². The number of hydrogen-bond donors (Lipinski definition) is 0. The average molecular weight is 383 g/mol. The zero-order valence-electron chi connectivity index (χ0n) is 14.2. The van der Waals surface area contributed by atoms with Crippen molar-refractivity contribution in [2.24, 2.45) is 0 Å². The van der Waals surface area contributed by atoms with Crippen LogP contribution in [0.3, 0.4) is 0 Å². The molecule has 7 heteroatoms. The second-order valence-electron chi connectivity index (χ2n) is 5.62. The minimum Gasteiger partial charge on any atom is -0.489 e. The largest absolute Gasteiger partial charge is 0.489 e. The molecule has 0 saturated carbocycles. The van der Waals surface area contributed by atoms with Gasteiger partial charge in [0.15, 0.2) is 9.84 Å². The third kappa shape index (κ3) is 4.96. The summed E-state index contributed by atoms with van der Waals surface area (Å²) in [7, 11) is -3.52. The number of sulfone groups is 1. The van der Waals surface area contributed by atoms with Gasteiger partial charge in [-0.1, -0.05) is 29.8 Å². The van der Waals surface area contributed by atoms with Gasteiger partial charge in [-0.3, -0.25) is 0 Å². The average Bonchev–Trinajstić information content (AvgIpc) is 2.52. The highest BCUT2D eigenvalue weighted by Gasteiger charge is 2.16. The molecule has 0 spiro atoms. The molecular weight excluding hydrogens is 364 g/mol. The molecule has 0 aliphatic carbocycles. The molecule has 0 radical (unpaired) electrons. The smallest absolute Gasteiger partial charge is 0.338 e. The number of ether oxygens (including phenoxy) is 2. The van der Waals surface area contributed by atoms with E-state index in [1.165, 1.54) is 18.2 Å². The molecule has 134 valence electrons. The van der Waals surface area contributed by atoms with Crippen LogP contribution in [0, 0.1) is 13.8 Å². The minimum absolute atomic E-state index is 0.0451. The molecular formula is C18H19ClO5S. The molecule has 5 nitrogen and oxygen atoms in total. The Morgan fingerprint density at radius 3 is 2.32 bits per heavy atom. The monoisotopic (exact) mass is 382 g/mol. The molecule has 0 saturated heterocycles. The molecule has 2 aromatic carbocycles. The molecule has 0 heterocycles. The number of halogens is 1. The highest BCUT2D eigenvalue weighted by atomic mass is 35.5. The van der Waals surface area contributed by atoms with Gasteiger partial charge in [0.25, 0.3) is 0 Å². The number of rotatable bonds is 6. The Bertz CT molecular complexity index is 870. The van der Waals surface area contributed by atoms with Crippen molar-refractivity contribution in [3.8, 4) is 5.75 Å². The van der Waals surface area contributed by atoms with Crippen LogP contribution in [0.4, 0.5) is 0 Å². The lowest BCUT2D eigenvalue weighted by atomic mass is 10.1. The third-order valence-corrected chi connectivity index (χ3v) is 5.12. The van der Waals surface area contributed by atoms with Crippen molar-refractivity contribution in [2.75, 3.05) is 19.5 Å².